The first kappa shape index (κ1) is 23.4. The molecule has 5 rings (SSSR count). The van der Waals surface area contributed by atoms with E-state index in [2.05, 4.69) is 10.3 Å². The zero-order chi connectivity index (χ0) is 24.2. The summed E-state index contributed by atoms with van der Waals surface area (Å²) in [7, 11) is 0. The quantitative estimate of drug-likeness (QED) is 0.508. The van der Waals surface area contributed by atoms with Gasteiger partial charge >= 0.3 is 6.09 Å². The Balaban J connectivity index is 1.33. The lowest BCUT2D eigenvalue weighted by molar-refractivity contribution is -0.119. The average Bonchev–Trinajstić information content (AvgIpc) is 3.33. The van der Waals surface area contributed by atoms with Gasteiger partial charge in [-0.05, 0) is 42.7 Å². The highest BCUT2D eigenvalue weighted by Gasteiger charge is 2.40. The normalized spacial score (nSPS) is 17.1. The minimum absolute atomic E-state index is 0.120. The number of rotatable bonds is 7. The van der Waals surface area contributed by atoms with Gasteiger partial charge in [0.05, 0.1) is 5.69 Å². The lowest BCUT2D eigenvalue weighted by Crippen LogP contribution is -2.45. The third-order valence-corrected chi connectivity index (χ3v) is 7.62. The summed E-state index contributed by atoms with van der Waals surface area (Å²) in [5, 5.41) is 4.52. The molecule has 1 atom stereocenters. The van der Waals surface area contributed by atoms with Crippen LogP contribution in [0.5, 0.6) is 0 Å². The molecule has 2 aliphatic rings. The molecule has 8 nitrogen and oxygen atoms in total. The van der Waals surface area contributed by atoms with Crippen molar-refractivity contribution >= 4 is 51.8 Å². The largest absolute Gasteiger partial charge is 0.445 e. The van der Waals surface area contributed by atoms with Crippen LogP contribution in [0.4, 0.5) is 15.6 Å². The zero-order valence-corrected chi connectivity index (χ0v) is 20.5. The molecule has 180 valence electrons. The Morgan fingerprint density at radius 3 is 2.54 bits per heavy atom. The lowest BCUT2D eigenvalue weighted by atomic mass is 10.2. The maximum atomic E-state index is 13.7. The molecule has 1 aliphatic heterocycles. The molecule has 3 aromatic rings. The Bertz CT molecular complexity index is 1180. The highest BCUT2D eigenvalue weighted by atomic mass is 32.2. The van der Waals surface area contributed by atoms with Crippen LogP contribution in [-0.2, 0) is 16.1 Å². The van der Waals surface area contributed by atoms with Crippen LogP contribution < -0.4 is 10.2 Å². The number of anilines is 2. The second-order valence-corrected chi connectivity index (χ2v) is 10.3. The van der Waals surface area contributed by atoms with Gasteiger partial charge in [0.15, 0.2) is 10.5 Å². The molecular weight excluding hydrogens is 484 g/mol. The molecule has 2 fully saturated rings. The van der Waals surface area contributed by atoms with E-state index in [0.717, 1.165) is 18.4 Å². The van der Waals surface area contributed by atoms with Crippen LogP contribution in [0.3, 0.4) is 0 Å². The molecule has 2 aromatic carbocycles. The van der Waals surface area contributed by atoms with Gasteiger partial charge in [0.25, 0.3) is 11.8 Å². The molecule has 0 spiro atoms. The fourth-order valence-corrected chi connectivity index (χ4v) is 5.50. The number of carbonyl (C=O) groups is 3. The van der Waals surface area contributed by atoms with Crippen LogP contribution in [0.25, 0.3) is 0 Å². The number of thiazole rings is 1. The third kappa shape index (κ3) is 5.49. The van der Waals surface area contributed by atoms with Crippen LogP contribution >= 0.6 is 23.1 Å². The van der Waals surface area contributed by atoms with Crippen LogP contribution in [0.1, 0.15) is 28.8 Å². The minimum Gasteiger partial charge on any atom is -0.445 e. The number of aromatic nitrogens is 1. The van der Waals surface area contributed by atoms with Crippen LogP contribution in [0, 0.1) is 0 Å². The van der Waals surface area contributed by atoms with E-state index in [1.54, 1.807) is 35.8 Å². The molecule has 10 heteroatoms. The van der Waals surface area contributed by atoms with Crippen LogP contribution in [0.2, 0.25) is 0 Å². The summed E-state index contributed by atoms with van der Waals surface area (Å²) in [5.41, 5.74) is 2.00. The number of hydrogen-bond donors (Lipinski definition) is 1. The standard InChI is InChI=1S/C25H24N4O4S2/c30-21(27-19-8-9-19)18-6-10-20(11-7-18)29(24-26-12-14-35-24)22(31)23-28(13-15-34-23)25(32)33-16-17-4-2-1-3-5-17/h1-7,10-12,14,19,23H,8-9,13,15-16H2,(H,27,30). The van der Waals surface area contributed by atoms with Crippen molar-refractivity contribution in [2.45, 2.75) is 30.9 Å². The number of nitrogens with one attached hydrogen (secondary N) is 1. The fraction of sp³-hybridized carbons (Fsp3) is 0.280. The van der Waals surface area contributed by atoms with Crippen molar-refractivity contribution in [2.75, 3.05) is 17.2 Å². The predicted octanol–water partition coefficient (Wildman–Crippen LogP) is 4.41. The summed E-state index contributed by atoms with van der Waals surface area (Å²) in [5.74, 6) is 0.224. The fourth-order valence-electron chi connectivity index (χ4n) is 3.69. The number of thioether (sulfide) groups is 1. The highest BCUT2D eigenvalue weighted by Crippen LogP contribution is 2.34. The van der Waals surface area contributed by atoms with E-state index >= 15 is 0 Å². The second-order valence-electron chi connectivity index (χ2n) is 8.24. The maximum absolute atomic E-state index is 13.7. The third-order valence-electron chi connectivity index (χ3n) is 5.67. The zero-order valence-electron chi connectivity index (χ0n) is 18.8. The van der Waals surface area contributed by atoms with Crippen molar-refractivity contribution in [3.63, 3.8) is 0 Å². The Morgan fingerprint density at radius 2 is 1.86 bits per heavy atom. The SMILES string of the molecule is O=C(NC1CC1)c1ccc(N(C(=O)C2SCCN2C(=O)OCc2ccccc2)c2nccs2)cc1. The van der Waals surface area contributed by atoms with Crippen molar-refractivity contribution in [2.24, 2.45) is 0 Å². The Morgan fingerprint density at radius 1 is 1.09 bits per heavy atom. The van der Waals surface area contributed by atoms with E-state index in [4.69, 9.17) is 4.74 Å². The van der Waals surface area contributed by atoms with Gasteiger partial charge in [-0.25, -0.2) is 9.78 Å². The molecular formula is C25H24N4O4S2. The molecule has 1 N–H and O–H groups in total. The summed E-state index contributed by atoms with van der Waals surface area (Å²) < 4.78 is 5.49. The molecule has 1 saturated carbocycles. The van der Waals surface area contributed by atoms with E-state index in [0.29, 0.717) is 28.7 Å². The van der Waals surface area contributed by atoms with Gasteiger partial charge in [0.2, 0.25) is 0 Å². The number of hydrogen-bond acceptors (Lipinski definition) is 7. The van der Waals surface area contributed by atoms with Gasteiger partial charge in [0, 0.05) is 35.5 Å². The highest BCUT2D eigenvalue weighted by molar-refractivity contribution is 8.00. The summed E-state index contributed by atoms with van der Waals surface area (Å²) in [4.78, 5) is 46.3. The smallest absolute Gasteiger partial charge is 0.411 e. The topological polar surface area (TPSA) is 91.8 Å². The monoisotopic (exact) mass is 508 g/mol. The molecule has 0 radical (unpaired) electrons. The molecule has 3 amide bonds. The predicted molar refractivity (Wildman–Crippen MR) is 136 cm³/mol. The van der Waals surface area contributed by atoms with Gasteiger partial charge in [-0.1, -0.05) is 30.3 Å². The number of amides is 3. The minimum atomic E-state index is -0.736. The number of ether oxygens (including phenoxy) is 1. The van der Waals surface area contributed by atoms with E-state index in [1.807, 2.05) is 30.3 Å². The second kappa shape index (κ2) is 10.5. The first-order valence-corrected chi connectivity index (χ1v) is 13.3. The first-order chi connectivity index (χ1) is 17.1. The lowest BCUT2D eigenvalue weighted by Gasteiger charge is -2.28. The molecule has 35 heavy (non-hydrogen) atoms. The van der Waals surface area contributed by atoms with Crippen LogP contribution in [0.15, 0.2) is 66.2 Å². The number of benzene rings is 2. The molecule has 1 saturated heterocycles. The Hall–Kier alpha value is -3.37. The van der Waals surface area contributed by atoms with E-state index in [-0.39, 0.29) is 24.5 Å². The van der Waals surface area contributed by atoms with Gasteiger partial charge in [0.1, 0.15) is 6.61 Å². The number of carbonyl (C=O) groups excluding carboxylic acids is 3. The summed E-state index contributed by atoms with van der Waals surface area (Å²) in [6.07, 6.45) is 3.13. The van der Waals surface area contributed by atoms with Gasteiger partial charge in [-0.3, -0.25) is 19.4 Å². The molecule has 0 bridgehead atoms. The van der Waals surface area contributed by atoms with Gasteiger partial charge in [-0.15, -0.1) is 23.1 Å². The van der Waals surface area contributed by atoms with Gasteiger partial charge < -0.3 is 10.1 Å². The van der Waals surface area contributed by atoms with Crippen molar-refractivity contribution < 1.29 is 19.1 Å². The Kier molecular flexibility index (Phi) is 7.01. The Labute approximate surface area is 211 Å². The van der Waals surface area contributed by atoms with Crippen molar-refractivity contribution in [1.82, 2.24) is 15.2 Å². The molecule has 1 aliphatic carbocycles. The van der Waals surface area contributed by atoms with Crippen LogP contribution in [-0.4, -0.2) is 51.5 Å². The van der Waals surface area contributed by atoms with Crippen molar-refractivity contribution in [3.8, 4) is 0 Å². The van der Waals surface area contributed by atoms with E-state index in [9.17, 15) is 14.4 Å². The molecule has 2 heterocycles. The summed E-state index contributed by atoms with van der Waals surface area (Å²) in [6.45, 7) is 0.559. The number of nitrogens with zero attached hydrogens (tertiary/aromatic N) is 3. The first-order valence-electron chi connectivity index (χ1n) is 11.3. The van der Waals surface area contributed by atoms with Crippen molar-refractivity contribution in [3.05, 3.63) is 77.3 Å². The molecule has 1 aromatic heterocycles. The van der Waals surface area contributed by atoms with Gasteiger partial charge in [-0.2, -0.15) is 0 Å². The maximum Gasteiger partial charge on any atom is 0.411 e. The van der Waals surface area contributed by atoms with E-state index < -0.39 is 11.5 Å². The average molecular weight is 509 g/mol. The summed E-state index contributed by atoms with van der Waals surface area (Å²) >= 11 is 2.73. The molecule has 1 unspecified atom stereocenters. The van der Waals surface area contributed by atoms with Crippen molar-refractivity contribution in [1.29, 1.82) is 0 Å². The van der Waals surface area contributed by atoms with E-state index in [1.165, 1.54) is 32.9 Å². The summed E-state index contributed by atoms with van der Waals surface area (Å²) in [6, 6.07) is 16.6.